The fourth-order valence-corrected chi connectivity index (χ4v) is 3.19. The number of hydrogen-bond donors (Lipinski definition) is 2. The number of carbonyl (C=O) groups is 1. The Balaban J connectivity index is 1.49. The lowest BCUT2D eigenvalue weighted by Gasteiger charge is -2.32. The summed E-state index contributed by atoms with van der Waals surface area (Å²) in [6, 6.07) is 0.163. The highest BCUT2D eigenvalue weighted by molar-refractivity contribution is 5.79. The van der Waals surface area contributed by atoms with Crippen LogP contribution in [0.2, 0.25) is 0 Å². The molecule has 1 aliphatic carbocycles. The van der Waals surface area contributed by atoms with Crippen LogP contribution in [-0.4, -0.2) is 46.7 Å². The van der Waals surface area contributed by atoms with E-state index in [1.807, 2.05) is 0 Å². The van der Waals surface area contributed by atoms with Gasteiger partial charge in [-0.05, 0) is 38.0 Å². The normalized spacial score (nSPS) is 20.7. The van der Waals surface area contributed by atoms with E-state index in [4.69, 9.17) is 5.11 Å². The van der Waals surface area contributed by atoms with Crippen molar-refractivity contribution >= 4 is 11.7 Å². The molecule has 1 aromatic heterocycles. The maximum Gasteiger partial charge on any atom is 0.223 e. The summed E-state index contributed by atoms with van der Waals surface area (Å²) >= 11 is 0. The van der Waals surface area contributed by atoms with Gasteiger partial charge in [-0.15, -0.1) is 0 Å². The maximum absolute atomic E-state index is 12.4. The van der Waals surface area contributed by atoms with Crippen molar-refractivity contribution in [2.75, 3.05) is 24.6 Å². The van der Waals surface area contributed by atoms with Crippen LogP contribution in [0.15, 0.2) is 18.6 Å². The molecule has 1 saturated carbocycles. The summed E-state index contributed by atoms with van der Waals surface area (Å²) in [5.41, 5.74) is 0. The van der Waals surface area contributed by atoms with Crippen LogP contribution in [0.25, 0.3) is 0 Å². The molecule has 1 amide bonds. The predicted molar refractivity (Wildman–Crippen MR) is 83.3 cm³/mol. The molecule has 1 atom stereocenters. The zero-order valence-electron chi connectivity index (χ0n) is 12.8. The predicted octanol–water partition coefficient (Wildman–Crippen LogP) is 0.970. The van der Waals surface area contributed by atoms with E-state index in [9.17, 15) is 4.79 Å². The quantitative estimate of drug-likeness (QED) is 0.819. The molecule has 0 aromatic carbocycles. The summed E-state index contributed by atoms with van der Waals surface area (Å²) in [6.07, 6.45) is 9.86. The Morgan fingerprint density at radius 1 is 1.32 bits per heavy atom. The number of rotatable bonds is 6. The molecule has 22 heavy (non-hydrogen) atoms. The third-order valence-electron chi connectivity index (χ3n) is 4.70. The van der Waals surface area contributed by atoms with Crippen LogP contribution in [0, 0.1) is 11.8 Å². The van der Waals surface area contributed by atoms with E-state index in [2.05, 4.69) is 20.2 Å². The minimum atomic E-state index is 0.0767. The smallest absolute Gasteiger partial charge is 0.223 e. The number of piperidine rings is 1. The SMILES string of the molecule is O=C(NC(CCO)C1CC1)C1CCN(c2cnccn2)CC1. The van der Waals surface area contributed by atoms with E-state index in [-0.39, 0.29) is 24.5 Å². The molecule has 3 rings (SSSR count). The number of carbonyl (C=O) groups excluding carboxylic acids is 1. The van der Waals surface area contributed by atoms with Crippen molar-refractivity contribution in [2.24, 2.45) is 11.8 Å². The third-order valence-corrected chi connectivity index (χ3v) is 4.70. The van der Waals surface area contributed by atoms with Gasteiger partial charge in [-0.1, -0.05) is 0 Å². The lowest BCUT2D eigenvalue weighted by molar-refractivity contribution is -0.126. The van der Waals surface area contributed by atoms with Crippen LogP contribution >= 0.6 is 0 Å². The van der Waals surface area contributed by atoms with Gasteiger partial charge in [0, 0.05) is 44.0 Å². The molecule has 6 nitrogen and oxygen atoms in total. The van der Waals surface area contributed by atoms with Gasteiger partial charge in [0.2, 0.25) is 5.91 Å². The number of anilines is 1. The van der Waals surface area contributed by atoms with Gasteiger partial charge in [0.1, 0.15) is 5.82 Å². The Bertz CT molecular complexity index is 484. The van der Waals surface area contributed by atoms with Crippen LogP contribution in [0.1, 0.15) is 32.1 Å². The van der Waals surface area contributed by atoms with E-state index in [1.165, 1.54) is 12.8 Å². The van der Waals surface area contributed by atoms with Crippen LogP contribution < -0.4 is 10.2 Å². The van der Waals surface area contributed by atoms with Gasteiger partial charge >= 0.3 is 0 Å². The molecule has 0 radical (unpaired) electrons. The van der Waals surface area contributed by atoms with Crippen molar-refractivity contribution < 1.29 is 9.90 Å². The van der Waals surface area contributed by atoms with Crippen molar-refractivity contribution in [3.05, 3.63) is 18.6 Å². The molecule has 2 heterocycles. The maximum atomic E-state index is 12.4. The van der Waals surface area contributed by atoms with Crippen LogP contribution in [0.4, 0.5) is 5.82 Å². The first kappa shape index (κ1) is 15.2. The molecule has 2 fully saturated rings. The van der Waals surface area contributed by atoms with Crippen molar-refractivity contribution in [1.82, 2.24) is 15.3 Å². The highest BCUT2D eigenvalue weighted by Crippen LogP contribution is 2.34. The molecule has 2 aliphatic rings. The first-order valence-electron chi connectivity index (χ1n) is 8.20. The van der Waals surface area contributed by atoms with Gasteiger partial charge in [0.15, 0.2) is 0 Å². The zero-order valence-corrected chi connectivity index (χ0v) is 12.8. The third kappa shape index (κ3) is 3.74. The molecule has 1 saturated heterocycles. The highest BCUT2D eigenvalue weighted by Gasteiger charge is 2.34. The molecular weight excluding hydrogens is 280 g/mol. The minimum absolute atomic E-state index is 0.0767. The second-order valence-electron chi connectivity index (χ2n) is 6.29. The summed E-state index contributed by atoms with van der Waals surface area (Å²) in [5.74, 6) is 1.70. The van der Waals surface area contributed by atoms with Crippen LogP contribution in [-0.2, 0) is 4.79 Å². The standard InChI is InChI=1S/C16H24N4O2/c21-10-5-14(12-1-2-12)19-16(22)13-3-8-20(9-4-13)15-11-17-6-7-18-15/h6-7,11-14,21H,1-5,8-10H2,(H,19,22). The molecular formula is C16H24N4O2. The summed E-state index contributed by atoms with van der Waals surface area (Å²) in [7, 11) is 0. The van der Waals surface area contributed by atoms with Gasteiger partial charge in [-0.3, -0.25) is 9.78 Å². The van der Waals surface area contributed by atoms with Crippen molar-refractivity contribution in [3.8, 4) is 0 Å². The largest absolute Gasteiger partial charge is 0.396 e. The Labute approximate surface area is 131 Å². The van der Waals surface area contributed by atoms with E-state index in [1.54, 1.807) is 18.6 Å². The number of amides is 1. The van der Waals surface area contributed by atoms with Gasteiger partial charge in [-0.2, -0.15) is 0 Å². The molecule has 1 unspecified atom stereocenters. The fourth-order valence-electron chi connectivity index (χ4n) is 3.19. The number of nitrogens with one attached hydrogen (secondary N) is 1. The number of hydrogen-bond acceptors (Lipinski definition) is 5. The van der Waals surface area contributed by atoms with E-state index >= 15 is 0 Å². The lowest BCUT2D eigenvalue weighted by Crippen LogP contribution is -2.45. The Morgan fingerprint density at radius 3 is 2.68 bits per heavy atom. The zero-order chi connectivity index (χ0) is 15.4. The molecule has 0 bridgehead atoms. The van der Waals surface area contributed by atoms with E-state index in [0.717, 1.165) is 31.7 Å². The Morgan fingerprint density at radius 2 is 2.09 bits per heavy atom. The Hall–Kier alpha value is -1.69. The lowest BCUT2D eigenvalue weighted by atomic mass is 9.95. The fraction of sp³-hybridized carbons (Fsp3) is 0.688. The van der Waals surface area contributed by atoms with Crippen LogP contribution in [0.5, 0.6) is 0 Å². The van der Waals surface area contributed by atoms with Gasteiger partial charge in [-0.25, -0.2) is 4.98 Å². The first-order valence-corrected chi connectivity index (χ1v) is 8.20. The molecule has 2 N–H and O–H groups in total. The van der Waals surface area contributed by atoms with E-state index < -0.39 is 0 Å². The van der Waals surface area contributed by atoms with E-state index in [0.29, 0.717) is 12.3 Å². The highest BCUT2D eigenvalue weighted by atomic mass is 16.3. The molecule has 6 heteroatoms. The molecule has 0 spiro atoms. The first-order chi connectivity index (χ1) is 10.8. The van der Waals surface area contributed by atoms with Gasteiger partial charge in [0.25, 0.3) is 0 Å². The number of aromatic nitrogens is 2. The summed E-state index contributed by atoms with van der Waals surface area (Å²) in [5, 5.41) is 12.3. The molecule has 1 aliphatic heterocycles. The van der Waals surface area contributed by atoms with Gasteiger partial charge < -0.3 is 15.3 Å². The molecule has 120 valence electrons. The second kappa shape index (κ2) is 7.05. The monoisotopic (exact) mass is 304 g/mol. The topological polar surface area (TPSA) is 78.4 Å². The average molecular weight is 304 g/mol. The summed E-state index contributed by atoms with van der Waals surface area (Å²) < 4.78 is 0. The van der Waals surface area contributed by atoms with Crippen molar-refractivity contribution in [3.63, 3.8) is 0 Å². The van der Waals surface area contributed by atoms with Crippen molar-refractivity contribution in [1.29, 1.82) is 0 Å². The second-order valence-corrected chi connectivity index (χ2v) is 6.29. The van der Waals surface area contributed by atoms with Gasteiger partial charge in [0.05, 0.1) is 6.20 Å². The van der Waals surface area contributed by atoms with Crippen LogP contribution in [0.3, 0.4) is 0 Å². The molecule has 1 aromatic rings. The summed E-state index contributed by atoms with van der Waals surface area (Å²) in [6.45, 7) is 1.82. The van der Waals surface area contributed by atoms with Crippen molar-refractivity contribution in [2.45, 2.75) is 38.1 Å². The summed E-state index contributed by atoms with van der Waals surface area (Å²) in [4.78, 5) is 23.0. The number of nitrogens with zero attached hydrogens (tertiary/aromatic N) is 3. The minimum Gasteiger partial charge on any atom is -0.396 e. The number of aliphatic hydroxyl groups is 1. The average Bonchev–Trinajstić information content (AvgIpc) is 3.40. The Kier molecular flexibility index (Phi) is 4.87. The number of aliphatic hydroxyl groups excluding tert-OH is 1.